The number of thiocarbonyl (C=S) groups is 1. The van der Waals surface area contributed by atoms with Crippen LogP contribution < -0.4 is 10.2 Å². The Morgan fingerprint density at radius 1 is 1.03 bits per heavy atom. The second-order valence-electron chi connectivity index (χ2n) is 7.83. The Labute approximate surface area is 208 Å². The highest BCUT2D eigenvalue weighted by atomic mass is 35.5. The van der Waals surface area contributed by atoms with Gasteiger partial charge < -0.3 is 9.80 Å². The monoisotopic (exact) mass is 522 g/mol. The second kappa shape index (κ2) is 9.67. The summed E-state index contributed by atoms with van der Waals surface area (Å²) in [6, 6.07) is 13.0. The van der Waals surface area contributed by atoms with Gasteiger partial charge in [0.05, 0.1) is 10.5 Å². The number of anilines is 1. The van der Waals surface area contributed by atoms with E-state index in [2.05, 4.69) is 5.32 Å². The number of nitrogens with one attached hydrogen (secondary N) is 1. The Morgan fingerprint density at radius 2 is 1.69 bits per heavy atom. The number of carbonyl (C=O) groups excluding carboxylic acids is 1. The number of piperazine rings is 1. The zero-order valence-electron chi connectivity index (χ0n) is 18.0. The highest BCUT2D eigenvalue weighted by Crippen LogP contribution is 2.36. The Bertz CT molecular complexity index is 1330. The van der Waals surface area contributed by atoms with Gasteiger partial charge in [-0.05, 0) is 41.9 Å². The number of alkyl halides is 3. The molecule has 12 heteroatoms. The maximum absolute atomic E-state index is 13.0. The molecule has 1 N–H and O–H groups in total. The minimum absolute atomic E-state index is 0.102. The Kier molecular flexibility index (Phi) is 6.82. The molecule has 35 heavy (non-hydrogen) atoms. The van der Waals surface area contributed by atoms with Gasteiger partial charge in [-0.3, -0.25) is 20.2 Å². The van der Waals surface area contributed by atoms with Crippen molar-refractivity contribution in [2.24, 2.45) is 0 Å². The number of hydrogen-bond donors (Lipinski definition) is 1. The molecule has 0 aliphatic carbocycles. The zero-order chi connectivity index (χ0) is 25.3. The molecule has 1 amide bonds. The lowest BCUT2D eigenvalue weighted by Gasteiger charge is -2.37. The summed E-state index contributed by atoms with van der Waals surface area (Å²) in [6.45, 7) is 1.18. The molecule has 0 spiro atoms. The number of fused-ring (bicyclic) bond motifs is 1. The van der Waals surface area contributed by atoms with Gasteiger partial charge in [0.2, 0.25) is 0 Å². The van der Waals surface area contributed by atoms with Crippen LogP contribution in [0.15, 0.2) is 54.6 Å². The van der Waals surface area contributed by atoms with Crippen molar-refractivity contribution < 1.29 is 22.9 Å². The van der Waals surface area contributed by atoms with Gasteiger partial charge in [0.25, 0.3) is 11.6 Å². The molecule has 1 saturated heterocycles. The molecule has 1 fully saturated rings. The Morgan fingerprint density at radius 3 is 2.34 bits per heavy atom. The van der Waals surface area contributed by atoms with Crippen LogP contribution in [0.2, 0.25) is 5.02 Å². The summed E-state index contributed by atoms with van der Waals surface area (Å²) in [5.41, 5.74) is -1.18. The van der Waals surface area contributed by atoms with Crippen LogP contribution in [0.5, 0.6) is 0 Å². The highest BCUT2D eigenvalue weighted by Gasteiger charge is 2.34. The summed E-state index contributed by atoms with van der Waals surface area (Å²) < 4.78 is 38.9. The van der Waals surface area contributed by atoms with E-state index in [1.807, 2.05) is 6.07 Å². The maximum atomic E-state index is 13.0. The molecule has 1 aliphatic heterocycles. The van der Waals surface area contributed by atoms with Gasteiger partial charge in [-0.15, -0.1) is 0 Å². The summed E-state index contributed by atoms with van der Waals surface area (Å²) in [4.78, 5) is 26.9. The number of nitrogens with zero attached hydrogens (tertiary/aromatic N) is 3. The molecular weight excluding hydrogens is 505 g/mol. The minimum atomic E-state index is -4.68. The van der Waals surface area contributed by atoms with E-state index in [0.29, 0.717) is 35.1 Å². The van der Waals surface area contributed by atoms with Crippen LogP contribution in [-0.4, -0.2) is 47.0 Å². The maximum Gasteiger partial charge on any atom is 0.416 e. The number of carbonyl (C=O) groups is 1. The number of rotatable bonds is 3. The lowest BCUT2D eigenvalue weighted by molar-refractivity contribution is -0.384. The molecule has 0 radical (unpaired) electrons. The number of benzene rings is 3. The topological polar surface area (TPSA) is 78.7 Å². The van der Waals surface area contributed by atoms with E-state index >= 15 is 0 Å². The molecule has 0 bridgehead atoms. The van der Waals surface area contributed by atoms with E-state index in [4.69, 9.17) is 23.8 Å². The Hall–Kier alpha value is -3.44. The molecule has 1 heterocycles. The summed E-state index contributed by atoms with van der Waals surface area (Å²) in [6.07, 6.45) is -4.68. The number of hydrogen-bond acceptors (Lipinski definition) is 5. The summed E-state index contributed by atoms with van der Waals surface area (Å²) in [5.74, 6) is -0.399. The molecule has 4 rings (SSSR count). The van der Waals surface area contributed by atoms with Crippen LogP contribution >= 0.6 is 23.8 Å². The first kappa shape index (κ1) is 24.7. The average Bonchev–Trinajstić information content (AvgIpc) is 2.83. The fraction of sp³-hybridized carbons (Fsp3) is 0.217. The largest absolute Gasteiger partial charge is 0.416 e. The van der Waals surface area contributed by atoms with Crippen LogP contribution in [0.4, 0.5) is 24.5 Å². The van der Waals surface area contributed by atoms with E-state index < -0.39 is 28.3 Å². The van der Waals surface area contributed by atoms with Crippen LogP contribution in [0.3, 0.4) is 0 Å². The van der Waals surface area contributed by atoms with Crippen molar-refractivity contribution >= 4 is 57.0 Å². The van der Waals surface area contributed by atoms with Crippen LogP contribution in [0, 0.1) is 10.1 Å². The van der Waals surface area contributed by atoms with E-state index in [0.717, 1.165) is 17.5 Å². The average molecular weight is 523 g/mol. The molecule has 0 unspecified atom stereocenters. The van der Waals surface area contributed by atoms with E-state index in [9.17, 15) is 28.1 Å². The number of halogens is 4. The zero-order valence-corrected chi connectivity index (χ0v) is 19.6. The third-order valence-electron chi connectivity index (χ3n) is 5.74. The summed E-state index contributed by atoms with van der Waals surface area (Å²) in [7, 11) is 0. The molecule has 7 nitrogen and oxygen atoms in total. The molecule has 1 aliphatic rings. The van der Waals surface area contributed by atoms with Crippen molar-refractivity contribution in [2.45, 2.75) is 6.18 Å². The highest BCUT2D eigenvalue weighted by molar-refractivity contribution is 7.80. The van der Waals surface area contributed by atoms with Crippen LogP contribution in [0.1, 0.15) is 15.9 Å². The predicted octanol–water partition coefficient (Wildman–Crippen LogP) is 5.26. The Balaban J connectivity index is 1.44. The summed E-state index contributed by atoms with van der Waals surface area (Å²) in [5, 5.41) is 16.2. The fourth-order valence-corrected chi connectivity index (χ4v) is 4.49. The van der Waals surface area contributed by atoms with Gasteiger partial charge >= 0.3 is 6.18 Å². The van der Waals surface area contributed by atoms with Crippen molar-refractivity contribution in [3.8, 4) is 0 Å². The number of amides is 1. The third kappa shape index (κ3) is 5.15. The fourth-order valence-electron chi connectivity index (χ4n) is 3.98. The van der Waals surface area contributed by atoms with Gasteiger partial charge in [-0.1, -0.05) is 35.9 Å². The molecular formula is C23H18ClF3N4O3S. The first-order chi connectivity index (χ1) is 16.6. The van der Waals surface area contributed by atoms with Gasteiger partial charge in [-0.25, -0.2) is 0 Å². The standard InChI is InChI=1S/C23H18ClF3N4O3S/c24-18-6-2-3-15-16(18)4-1-5-17(15)21(32)28-22(35)30-11-9-29(10-12-30)19-8-7-14(23(25,26)27)13-20(19)31(33)34/h1-8,13H,9-12H2,(H,28,32,35). The lowest BCUT2D eigenvalue weighted by Crippen LogP contribution is -2.52. The number of nitro groups is 1. The molecule has 3 aromatic carbocycles. The third-order valence-corrected chi connectivity index (χ3v) is 6.43. The van der Waals surface area contributed by atoms with E-state index in [-0.39, 0.29) is 23.9 Å². The van der Waals surface area contributed by atoms with Gasteiger partial charge in [0.1, 0.15) is 5.69 Å². The van der Waals surface area contributed by atoms with E-state index in [1.54, 1.807) is 40.1 Å². The van der Waals surface area contributed by atoms with Crippen LogP contribution in [-0.2, 0) is 6.18 Å². The van der Waals surface area contributed by atoms with Crippen LogP contribution in [0.25, 0.3) is 10.8 Å². The smallest absolute Gasteiger partial charge is 0.362 e. The van der Waals surface area contributed by atoms with Crippen molar-refractivity contribution in [3.05, 3.63) is 80.9 Å². The van der Waals surface area contributed by atoms with Crippen molar-refractivity contribution in [3.63, 3.8) is 0 Å². The lowest BCUT2D eigenvalue weighted by atomic mass is 10.0. The normalized spacial score (nSPS) is 14.2. The quantitative estimate of drug-likeness (QED) is 0.287. The molecule has 0 saturated carbocycles. The van der Waals surface area contributed by atoms with Gasteiger partial charge in [0, 0.05) is 48.2 Å². The SMILES string of the molecule is O=C(NC(=S)N1CCN(c2ccc(C(F)(F)F)cc2[N+](=O)[O-])CC1)c1cccc2c(Cl)cccc12. The van der Waals surface area contributed by atoms with Crippen molar-refractivity contribution in [1.29, 1.82) is 0 Å². The molecule has 3 aromatic rings. The minimum Gasteiger partial charge on any atom is -0.362 e. The van der Waals surface area contributed by atoms with Crippen molar-refractivity contribution in [1.82, 2.24) is 10.2 Å². The molecule has 182 valence electrons. The summed E-state index contributed by atoms with van der Waals surface area (Å²) >= 11 is 11.6. The first-order valence-electron chi connectivity index (χ1n) is 10.4. The first-order valence-corrected chi connectivity index (χ1v) is 11.2. The predicted molar refractivity (Wildman–Crippen MR) is 131 cm³/mol. The van der Waals surface area contributed by atoms with Gasteiger partial charge in [0.15, 0.2) is 5.11 Å². The number of nitro benzene ring substituents is 1. The van der Waals surface area contributed by atoms with Crippen molar-refractivity contribution in [2.75, 3.05) is 31.1 Å². The van der Waals surface area contributed by atoms with Gasteiger partial charge in [-0.2, -0.15) is 13.2 Å². The second-order valence-corrected chi connectivity index (χ2v) is 8.63. The van der Waals surface area contributed by atoms with E-state index in [1.165, 1.54) is 0 Å². The molecule has 0 aromatic heterocycles. The molecule has 0 atom stereocenters.